The van der Waals surface area contributed by atoms with Crippen molar-refractivity contribution < 1.29 is 0 Å². The van der Waals surface area contributed by atoms with Crippen LogP contribution in [0.1, 0.15) is 41.0 Å². The quantitative estimate of drug-likeness (QED) is 0.622. The van der Waals surface area contributed by atoms with Gasteiger partial charge in [-0.05, 0) is 40.0 Å². The molecular formula is C11H24N2. The van der Waals surface area contributed by atoms with Crippen LogP contribution in [0.15, 0.2) is 0 Å². The zero-order valence-electron chi connectivity index (χ0n) is 9.72. The van der Waals surface area contributed by atoms with Crippen molar-refractivity contribution in [2.75, 3.05) is 13.1 Å². The van der Waals surface area contributed by atoms with Crippen LogP contribution in [-0.4, -0.2) is 29.1 Å². The summed E-state index contributed by atoms with van der Waals surface area (Å²) >= 11 is 0. The molecule has 1 fully saturated rings. The Labute approximate surface area is 82.5 Å². The third-order valence-electron chi connectivity index (χ3n) is 3.49. The lowest BCUT2D eigenvalue weighted by molar-refractivity contribution is 0.0457. The average Bonchev–Trinajstić information content (AvgIpc) is 1.92. The van der Waals surface area contributed by atoms with Gasteiger partial charge in [0.15, 0.2) is 0 Å². The molecule has 0 amide bonds. The van der Waals surface area contributed by atoms with Gasteiger partial charge in [0, 0.05) is 24.2 Å². The second kappa shape index (κ2) is 3.25. The zero-order valence-corrected chi connectivity index (χ0v) is 9.72. The summed E-state index contributed by atoms with van der Waals surface area (Å²) in [6.45, 7) is 13.5. The highest BCUT2D eigenvalue weighted by Crippen LogP contribution is 2.28. The molecule has 0 spiro atoms. The minimum absolute atomic E-state index is 0.0434. The molecular weight excluding hydrogens is 160 g/mol. The van der Waals surface area contributed by atoms with Crippen LogP contribution < -0.4 is 5.73 Å². The minimum atomic E-state index is 0.0434. The summed E-state index contributed by atoms with van der Waals surface area (Å²) in [6.07, 6.45) is 1.12. The van der Waals surface area contributed by atoms with Crippen molar-refractivity contribution in [2.24, 2.45) is 11.7 Å². The first-order valence-electron chi connectivity index (χ1n) is 5.27. The zero-order chi connectivity index (χ0) is 10.3. The molecule has 1 aliphatic rings. The Balaban J connectivity index is 2.61. The monoisotopic (exact) mass is 184 g/mol. The maximum atomic E-state index is 6.20. The highest BCUT2D eigenvalue weighted by atomic mass is 15.2. The second-order valence-corrected chi connectivity index (χ2v) is 5.77. The van der Waals surface area contributed by atoms with E-state index in [4.69, 9.17) is 5.73 Å². The molecule has 0 aromatic carbocycles. The molecule has 0 saturated carbocycles. The van der Waals surface area contributed by atoms with E-state index >= 15 is 0 Å². The first-order valence-corrected chi connectivity index (χ1v) is 5.27. The summed E-state index contributed by atoms with van der Waals surface area (Å²) in [5.41, 5.74) is 6.54. The van der Waals surface area contributed by atoms with Crippen molar-refractivity contribution in [2.45, 2.75) is 52.1 Å². The highest BCUT2D eigenvalue weighted by molar-refractivity contribution is 4.94. The van der Waals surface area contributed by atoms with Gasteiger partial charge in [-0.25, -0.2) is 0 Å². The molecule has 13 heavy (non-hydrogen) atoms. The van der Waals surface area contributed by atoms with Crippen molar-refractivity contribution in [3.8, 4) is 0 Å². The normalized spacial score (nSPS) is 37.8. The second-order valence-electron chi connectivity index (χ2n) is 5.77. The lowest BCUT2D eigenvalue weighted by atomic mass is 9.80. The van der Waals surface area contributed by atoms with Crippen LogP contribution in [0.2, 0.25) is 0 Å². The van der Waals surface area contributed by atoms with E-state index in [-0.39, 0.29) is 5.54 Å². The molecule has 2 nitrogen and oxygen atoms in total. The number of hydrogen-bond acceptors (Lipinski definition) is 2. The van der Waals surface area contributed by atoms with E-state index in [2.05, 4.69) is 39.5 Å². The molecule has 0 radical (unpaired) electrons. The minimum Gasteiger partial charge on any atom is -0.325 e. The fourth-order valence-corrected chi connectivity index (χ4v) is 1.86. The Morgan fingerprint density at radius 2 is 1.92 bits per heavy atom. The van der Waals surface area contributed by atoms with Crippen LogP contribution in [0.5, 0.6) is 0 Å². The molecule has 0 aliphatic carbocycles. The molecule has 1 aliphatic heterocycles. The maximum Gasteiger partial charge on any atom is 0.0176 e. The summed E-state index contributed by atoms with van der Waals surface area (Å²) in [5, 5.41) is 0. The lowest BCUT2D eigenvalue weighted by Crippen LogP contribution is -2.58. The molecule has 1 unspecified atom stereocenters. The lowest BCUT2D eigenvalue weighted by Gasteiger charge is -2.47. The van der Waals surface area contributed by atoms with Crippen LogP contribution in [0.4, 0.5) is 0 Å². The van der Waals surface area contributed by atoms with Crippen LogP contribution in [-0.2, 0) is 0 Å². The first kappa shape index (κ1) is 11.0. The summed E-state index contributed by atoms with van der Waals surface area (Å²) < 4.78 is 0. The van der Waals surface area contributed by atoms with Gasteiger partial charge in [0.2, 0.25) is 0 Å². The summed E-state index contributed by atoms with van der Waals surface area (Å²) in [5.74, 6) is 0.598. The number of nitrogens with two attached hydrogens (primary N) is 1. The summed E-state index contributed by atoms with van der Waals surface area (Å²) in [7, 11) is 0. The predicted molar refractivity (Wildman–Crippen MR) is 57.7 cm³/mol. The number of piperidine rings is 1. The molecule has 1 saturated heterocycles. The fourth-order valence-electron chi connectivity index (χ4n) is 1.86. The predicted octanol–water partition coefficient (Wildman–Crippen LogP) is 1.84. The van der Waals surface area contributed by atoms with Gasteiger partial charge in [-0.2, -0.15) is 0 Å². The van der Waals surface area contributed by atoms with Crippen molar-refractivity contribution in [1.82, 2.24) is 4.90 Å². The van der Waals surface area contributed by atoms with Crippen LogP contribution in [0.25, 0.3) is 0 Å². The van der Waals surface area contributed by atoms with Crippen LogP contribution in [0.3, 0.4) is 0 Å². The van der Waals surface area contributed by atoms with Gasteiger partial charge in [-0.15, -0.1) is 0 Å². The van der Waals surface area contributed by atoms with Gasteiger partial charge >= 0.3 is 0 Å². The largest absolute Gasteiger partial charge is 0.325 e. The third kappa shape index (κ3) is 2.44. The summed E-state index contributed by atoms with van der Waals surface area (Å²) in [4.78, 5) is 2.53. The number of likely N-dealkylation sites (tertiary alicyclic amines) is 1. The topological polar surface area (TPSA) is 29.3 Å². The first-order chi connectivity index (χ1) is 5.73. The van der Waals surface area contributed by atoms with Gasteiger partial charge in [0.1, 0.15) is 0 Å². The van der Waals surface area contributed by atoms with Gasteiger partial charge in [0.25, 0.3) is 0 Å². The van der Waals surface area contributed by atoms with Gasteiger partial charge < -0.3 is 5.73 Å². The smallest absolute Gasteiger partial charge is 0.0176 e. The molecule has 2 N–H and O–H groups in total. The van der Waals surface area contributed by atoms with E-state index in [1.807, 2.05) is 0 Å². The summed E-state index contributed by atoms with van der Waals surface area (Å²) in [6, 6.07) is 0. The number of nitrogens with zero attached hydrogens (tertiary/aromatic N) is 1. The highest BCUT2D eigenvalue weighted by Gasteiger charge is 2.36. The molecule has 0 aromatic rings. The number of hydrogen-bond donors (Lipinski definition) is 1. The Kier molecular flexibility index (Phi) is 2.75. The molecule has 78 valence electrons. The molecule has 1 heterocycles. The van der Waals surface area contributed by atoms with Crippen LogP contribution in [0, 0.1) is 5.92 Å². The van der Waals surface area contributed by atoms with Gasteiger partial charge in [-0.3, -0.25) is 4.90 Å². The molecule has 1 rings (SSSR count). The van der Waals surface area contributed by atoms with Crippen molar-refractivity contribution in [3.63, 3.8) is 0 Å². The van der Waals surface area contributed by atoms with Crippen molar-refractivity contribution >= 4 is 0 Å². The standard InChI is InChI=1S/C11H24N2/c1-9-8-13(10(2,3)4)7-6-11(9,5)12/h9H,6-8,12H2,1-5H3/t9-,11?/m1/s1. The maximum absolute atomic E-state index is 6.20. The van der Waals surface area contributed by atoms with E-state index < -0.39 is 0 Å². The van der Waals surface area contributed by atoms with Crippen LogP contribution >= 0.6 is 0 Å². The fraction of sp³-hybridized carbons (Fsp3) is 1.00. The Hall–Kier alpha value is -0.0800. The van der Waals surface area contributed by atoms with Crippen molar-refractivity contribution in [1.29, 1.82) is 0 Å². The Morgan fingerprint density at radius 3 is 2.31 bits per heavy atom. The SMILES string of the molecule is C[C@@H]1CN(C(C)(C)C)CCC1(C)N. The third-order valence-corrected chi connectivity index (χ3v) is 3.49. The Morgan fingerprint density at radius 1 is 1.38 bits per heavy atom. The van der Waals surface area contributed by atoms with E-state index in [9.17, 15) is 0 Å². The van der Waals surface area contributed by atoms with E-state index in [0.29, 0.717) is 11.5 Å². The number of rotatable bonds is 0. The average molecular weight is 184 g/mol. The van der Waals surface area contributed by atoms with E-state index in [1.54, 1.807) is 0 Å². The Bertz CT molecular complexity index is 179. The van der Waals surface area contributed by atoms with Gasteiger partial charge in [0.05, 0.1) is 0 Å². The van der Waals surface area contributed by atoms with E-state index in [0.717, 1.165) is 19.5 Å². The molecule has 0 bridgehead atoms. The molecule has 2 heteroatoms. The van der Waals surface area contributed by atoms with E-state index in [1.165, 1.54) is 0 Å². The molecule has 2 atom stereocenters. The molecule has 0 aromatic heterocycles. The van der Waals surface area contributed by atoms with Crippen molar-refractivity contribution in [3.05, 3.63) is 0 Å². The van der Waals surface area contributed by atoms with Gasteiger partial charge in [-0.1, -0.05) is 6.92 Å².